The molecule has 8 nitrogen and oxygen atoms in total. The summed E-state index contributed by atoms with van der Waals surface area (Å²) in [7, 11) is 0. The molecule has 2 atom stereocenters. The smallest absolute Gasteiger partial charge is 0.269 e. The van der Waals surface area contributed by atoms with Crippen molar-refractivity contribution in [2.24, 2.45) is 5.92 Å². The van der Waals surface area contributed by atoms with Gasteiger partial charge in [-0.15, -0.1) is 23.1 Å². The normalized spacial score (nSPS) is 14.8. The standard InChI is InChI=1S/C31H26N4O4S2/c1-19-10-15-25-26(18-32)31(41-27(25)16-19)34-30(37)28(20-6-3-2-4-7-20)40-24-9-5-8-22(17-24)33-29(36)21-11-13-23(14-12-21)35(38)39/h2-9,11-14,17,19,28H,10,15-16H2,1H3,(H,33,36)(H,34,37). The highest BCUT2D eigenvalue weighted by Gasteiger charge is 2.28. The van der Waals surface area contributed by atoms with Gasteiger partial charge in [-0.3, -0.25) is 19.7 Å². The van der Waals surface area contributed by atoms with Crippen LogP contribution in [0.25, 0.3) is 0 Å². The Bertz CT molecular complexity index is 1650. The number of nitrogens with one attached hydrogen (secondary N) is 2. The van der Waals surface area contributed by atoms with Crippen molar-refractivity contribution in [3.8, 4) is 6.07 Å². The van der Waals surface area contributed by atoms with Gasteiger partial charge in [0.05, 0.1) is 10.5 Å². The number of fused-ring (bicyclic) bond motifs is 1. The predicted molar refractivity (Wildman–Crippen MR) is 161 cm³/mol. The number of hydrogen-bond acceptors (Lipinski definition) is 7. The zero-order valence-corrected chi connectivity index (χ0v) is 23.8. The van der Waals surface area contributed by atoms with E-state index < -0.39 is 16.1 Å². The molecule has 2 amide bonds. The van der Waals surface area contributed by atoms with Crippen LogP contribution in [0.15, 0.2) is 83.8 Å². The molecule has 0 radical (unpaired) electrons. The Morgan fingerprint density at radius 2 is 1.83 bits per heavy atom. The van der Waals surface area contributed by atoms with Crippen molar-refractivity contribution in [3.63, 3.8) is 0 Å². The van der Waals surface area contributed by atoms with E-state index in [2.05, 4.69) is 23.6 Å². The molecule has 0 bridgehead atoms. The fourth-order valence-corrected chi connectivity index (χ4v) is 7.20. The van der Waals surface area contributed by atoms with Gasteiger partial charge in [-0.2, -0.15) is 5.26 Å². The number of hydrogen-bond donors (Lipinski definition) is 2. The number of thiophene rings is 1. The number of nitro benzene ring substituents is 1. The minimum atomic E-state index is -0.610. The summed E-state index contributed by atoms with van der Waals surface area (Å²) in [5.41, 5.74) is 3.16. The molecule has 1 heterocycles. The highest BCUT2D eigenvalue weighted by molar-refractivity contribution is 8.00. The number of amides is 2. The maximum absolute atomic E-state index is 13.7. The number of rotatable bonds is 8. The molecule has 206 valence electrons. The molecule has 0 spiro atoms. The van der Waals surface area contributed by atoms with Crippen molar-refractivity contribution in [1.82, 2.24) is 0 Å². The van der Waals surface area contributed by atoms with E-state index in [1.807, 2.05) is 36.4 Å². The third-order valence-corrected chi connectivity index (χ3v) is 9.30. The fourth-order valence-electron chi connectivity index (χ4n) is 4.76. The van der Waals surface area contributed by atoms with Crippen LogP contribution in [0, 0.1) is 27.4 Å². The van der Waals surface area contributed by atoms with Crippen molar-refractivity contribution in [3.05, 3.63) is 116 Å². The molecular weight excluding hydrogens is 556 g/mol. The van der Waals surface area contributed by atoms with Gasteiger partial charge >= 0.3 is 0 Å². The van der Waals surface area contributed by atoms with Crippen LogP contribution in [0.4, 0.5) is 16.4 Å². The van der Waals surface area contributed by atoms with Crippen molar-refractivity contribution in [2.75, 3.05) is 10.6 Å². The Kier molecular flexibility index (Phi) is 8.47. The Labute approximate surface area is 245 Å². The van der Waals surface area contributed by atoms with Crippen molar-refractivity contribution in [1.29, 1.82) is 5.26 Å². The molecule has 2 unspecified atom stereocenters. The number of carbonyl (C=O) groups is 2. The molecule has 1 aliphatic carbocycles. The van der Waals surface area contributed by atoms with Crippen LogP contribution in [0.3, 0.4) is 0 Å². The topological polar surface area (TPSA) is 125 Å². The van der Waals surface area contributed by atoms with Crippen LogP contribution >= 0.6 is 23.1 Å². The number of thioether (sulfide) groups is 1. The van der Waals surface area contributed by atoms with E-state index in [4.69, 9.17) is 0 Å². The summed E-state index contributed by atoms with van der Waals surface area (Å²) < 4.78 is 0. The number of anilines is 2. The zero-order valence-electron chi connectivity index (χ0n) is 22.1. The second-order valence-corrected chi connectivity index (χ2v) is 12.1. The lowest BCUT2D eigenvalue weighted by Gasteiger charge is -2.17. The Balaban J connectivity index is 1.36. The van der Waals surface area contributed by atoms with Crippen molar-refractivity contribution < 1.29 is 14.5 Å². The zero-order chi connectivity index (χ0) is 28.9. The number of benzene rings is 3. The first-order valence-corrected chi connectivity index (χ1v) is 14.7. The molecular formula is C31H26N4O4S2. The number of carbonyl (C=O) groups excluding carboxylic acids is 2. The maximum atomic E-state index is 13.7. The number of nitrogens with zero attached hydrogens (tertiary/aromatic N) is 2. The van der Waals surface area contributed by atoms with E-state index in [0.717, 1.165) is 35.3 Å². The van der Waals surface area contributed by atoms with Gasteiger partial charge in [0.2, 0.25) is 5.91 Å². The van der Waals surface area contributed by atoms with Crippen LogP contribution in [0.2, 0.25) is 0 Å². The van der Waals surface area contributed by atoms with Crippen LogP contribution in [-0.2, 0) is 17.6 Å². The van der Waals surface area contributed by atoms with E-state index in [-0.39, 0.29) is 17.2 Å². The Hall–Kier alpha value is -4.46. The molecule has 4 aromatic rings. The van der Waals surface area contributed by atoms with E-state index >= 15 is 0 Å². The molecule has 0 saturated carbocycles. The van der Waals surface area contributed by atoms with E-state index in [0.29, 0.717) is 22.2 Å². The average Bonchev–Trinajstić information content (AvgIpc) is 3.32. The lowest BCUT2D eigenvalue weighted by Crippen LogP contribution is -2.19. The summed E-state index contributed by atoms with van der Waals surface area (Å²) in [6.45, 7) is 2.21. The highest BCUT2D eigenvalue weighted by atomic mass is 32.2. The van der Waals surface area contributed by atoms with Gasteiger partial charge in [-0.25, -0.2) is 0 Å². The monoisotopic (exact) mass is 582 g/mol. The van der Waals surface area contributed by atoms with Crippen LogP contribution < -0.4 is 10.6 Å². The summed E-state index contributed by atoms with van der Waals surface area (Å²) in [5, 5.41) is 26.7. The number of nitro groups is 1. The third-order valence-electron chi connectivity index (χ3n) is 6.89. The summed E-state index contributed by atoms with van der Waals surface area (Å²) in [4.78, 5) is 38.8. The largest absolute Gasteiger partial charge is 0.322 e. The molecule has 10 heteroatoms. The van der Waals surface area contributed by atoms with Crippen LogP contribution in [0.1, 0.15) is 50.5 Å². The van der Waals surface area contributed by atoms with Gasteiger partial charge in [0, 0.05) is 33.2 Å². The fraction of sp³-hybridized carbons (Fsp3) is 0.194. The van der Waals surface area contributed by atoms with Crippen molar-refractivity contribution >= 4 is 51.3 Å². The number of nitriles is 1. The first-order valence-electron chi connectivity index (χ1n) is 13.1. The molecule has 2 N–H and O–H groups in total. The summed E-state index contributed by atoms with van der Waals surface area (Å²) in [6, 6.07) is 24.3. The van der Waals surface area contributed by atoms with Gasteiger partial charge in [-0.05, 0) is 66.6 Å². The molecule has 3 aromatic carbocycles. The summed E-state index contributed by atoms with van der Waals surface area (Å²) in [6.07, 6.45) is 2.80. The summed E-state index contributed by atoms with van der Waals surface area (Å²) >= 11 is 2.84. The van der Waals surface area contributed by atoms with Crippen LogP contribution in [0.5, 0.6) is 0 Å². The molecule has 0 aliphatic heterocycles. The minimum Gasteiger partial charge on any atom is -0.322 e. The third kappa shape index (κ3) is 6.48. The molecule has 1 aromatic heterocycles. The number of non-ortho nitro benzene ring substituents is 1. The quantitative estimate of drug-likeness (QED) is 0.127. The van der Waals surface area contributed by atoms with Gasteiger partial charge in [0.15, 0.2) is 0 Å². The van der Waals surface area contributed by atoms with E-state index in [1.54, 1.807) is 18.2 Å². The van der Waals surface area contributed by atoms with Gasteiger partial charge in [-0.1, -0.05) is 43.3 Å². The van der Waals surface area contributed by atoms with Crippen molar-refractivity contribution in [2.45, 2.75) is 36.3 Å². The summed E-state index contributed by atoms with van der Waals surface area (Å²) in [5.74, 6) is -0.0823. The molecule has 0 fully saturated rings. The minimum absolute atomic E-state index is 0.0932. The Morgan fingerprint density at radius 3 is 2.54 bits per heavy atom. The predicted octanol–water partition coefficient (Wildman–Crippen LogP) is 7.38. The van der Waals surface area contributed by atoms with Gasteiger partial charge in [0.1, 0.15) is 16.3 Å². The second-order valence-electron chi connectivity index (χ2n) is 9.85. The van der Waals surface area contributed by atoms with Crippen LogP contribution in [-0.4, -0.2) is 16.7 Å². The first kappa shape index (κ1) is 28.1. The SMILES string of the molecule is CC1CCc2c(sc(NC(=O)C(Sc3cccc(NC(=O)c4ccc([N+](=O)[O-])cc4)c3)c3ccccc3)c2C#N)C1. The average molecular weight is 583 g/mol. The van der Waals surface area contributed by atoms with E-state index in [1.165, 1.54) is 52.2 Å². The van der Waals surface area contributed by atoms with Gasteiger partial charge in [0.25, 0.3) is 11.6 Å². The van der Waals surface area contributed by atoms with E-state index in [9.17, 15) is 25.0 Å². The second kappa shape index (κ2) is 12.4. The molecule has 0 saturated heterocycles. The first-order chi connectivity index (χ1) is 19.8. The lowest BCUT2D eigenvalue weighted by molar-refractivity contribution is -0.384. The maximum Gasteiger partial charge on any atom is 0.269 e. The molecule has 41 heavy (non-hydrogen) atoms. The molecule has 1 aliphatic rings. The van der Waals surface area contributed by atoms with Gasteiger partial charge < -0.3 is 10.6 Å². The Morgan fingerprint density at radius 1 is 1.07 bits per heavy atom. The lowest BCUT2D eigenvalue weighted by atomic mass is 9.88. The highest BCUT2D eigenvalue weighted by Crippen LogP contribution is 2.42. The molecule has 5 rings (SSSR count).